The fourth-order valence-corrected chi connectivity index (χ4v) is 3.09. The molecule has 0 fully saturated rings. The Morgan fingerprint density at radius 1 is 0.900 bits per heavy atom. The van der Waals surface area contributed by atoms with E-state index >= 15 is 0 Å². The predicted octanol–water partition coefficient (Wildman–Crippen LogP) is 3.44. The largest absolute Gasteiger partial charge is 0.280 e. The summed E-state index contributed by atoms with van der Waals surface area (Å²) >= 11 is 0. The average Bonchev–Trinajstić information content (AvgIpc) is 2.47. The van der Waals surface area contributed by atoms with Gasteiger partial charge in [-0.05, 0) is 41.1 Å². The molecule has 0 aliphatic carbocycles. The maximum absolute atomic E-state index is 12.3. The Hall–Kier alpha value is -2.33. The molecule has 0 aromatic heterocycles. The zero-order valence-electron chi connectivity index (χ0n) is 10.6. The molecule has 3 aromatic carbocycles. The van der Waals surface area contributed by atoms with Gasteiger partial charge in [-0.2, -0.15) is 0 Å². The van der Waals surface area contributed by atoms with E-state index in [1.807, 2.05) is 24.3 Å². The van der Waals surface area contributed by atoms with Crippen LogP contribution in [0.25, 0.3) is 10.8 Å². The van der Waals surface area contributed by atoms with Crippen LogP contribution in [-0.2, 0) is 10.0 Å². The molecule has 0 unspecified atom stereocenters. The van der Waals surface area contributed by atoms with Crippen LogP contribution in [0.1, 0.15) is 0 Å². The van der Waals surface area contributed by atoms with E-state index in [1.165, 1.54) is 0 Å². The molecule has 0 amide bonds. The molecule has 3 nitrogen and oxygen atoms in total. The zero-order chi connectivity index (χ0) is 14.0. The number of hydrogen-bond acceptors (Lipinski definition) is 2. The summed E-state index contributed by atoms with van der Waals surface area (Å²) in [6.45, 7) is 0. The highest BCUT2D eigenvalue weighted by Crippen LogP contribution is 2.21. The van der Waals surface area contributed by atoms with Crippen LogP contribution >= 0.6 is 0 Å². The maximum atomic E-state index is 12.3. The lowest BCUT2D eigenvalue weighted by molar-refractivity contribution is 0.601. The van der Waals surface area contributed by atoms with Gasteiger partial charge < -0.3 is 0 Å². The molecule has 1 N–H and O–H groups in total. The van der Waals surface area contributed by atoms with Gasteiger partial charge in [-0.3, -0.25) is 4.72 Å². The summed E-state index contributed by atoms with van der Waals surface area (Å²) < 4.78 is 27.2. The maximum Gasteiger partial charge on any atom is 0.261 e. The summed E-state index contributed by atoms with van der Waals surface area (Å²) in [6.07, 6.45) is 0. The first kappa shape index (κ1) is 12.7. The molecular weight excluding hydrogens is 270 g/mol. The average molecular weight is 282 g/mol. The van der Waals surface area contributed by atoms with Crippen LogP contribution in [0.5, 0.6) is 0 Å². The minimum atomic E-state index is -3.57. The molecule has 0 atom stereocenters. The Labute approximate surface area is 117 Å². The first-order valence-electron chi connectivity index (χ1n) is 6.13. The second kappa shape index (κ2) is 4.98. The van der Waals surface area contributed by atoms with Crippen molar-refractivity contribution in [3.63, 3.8) is 0 Å². The van der Waals surface area contributed by atoms with Crippen molar-refractivity contribution in [1.29, 1.82) is 0 Å². The molecule has 3 rings (SSSR count). The highest BCUT2D eigenvalue weighted by molar-refractivity contribution is 7.92. The molecule has 4 heteroatoms. The number of sulfonamides is 1. The third kappa shape index (κ3) is 2.51. The van der Waals surface area contributed by atoms with Crippen molar-refractivity contribution in [3.8, 4) is 0 Å². The van der Waals surface area contributed by atoms with Crippen LogP contribution in [0.4, 0.5) is 5.69 Å². The first-order valence-corrected chi connectivity index (χ1v) is 7.61. The molecule has 99 valence electrons. The summed E-state index contributed by atoms with van der Waals surface area (Å²) in [5.41, 5.74) is 0.501. The van der Waals surface area contributed by atoms with Crippen molar-refractivity contribution < 1.29 is 8.42 Å². The minimum Gasteiger partial charge on any atom is -0.280 e. The van der Waals surface area contributed by atoms with E-state index in [0.717, 1.165) is 10.8 Å². The van der Waals surface area contributed by atoms with E-state index in [2.05, 4.69) is 10.8 Å². The summed E-state index contributed by atoms with van der Waals surface area (Å²) in [5.74, 6) is 0. The molecule has 0 bridgehead atoms. The fraction of sp³-hybridized carbons (Fsp3) is 0. The first-order chi connectivity index (χ1) is 9.65. The van der Waals surface area contributed by atoms with Crippen molar-refractivity contribution in [1.82, 2.24) is 0 Å². The topological polar surface area (TPSA) is 46.2 Å². The predicted molar refractivity (Wildman–Crippen MR) is 80.0 cm³/mol. The van der Waals surface area contributed by atoms with Gasteiger partial charge in [0.05, 0.1) is 4.90 Å². The lowest BCUT2D eigenvalue weighted by Gasteiger charge is -2.08. The van der Waals surface area contributed by atoms with Gasteiger partial charge in [0.15, 0.2) is 0 Å². The van der Waals surface area contributed by atoms with E-state index in [0.29, 0.717) is 5.69 Å². The van der Waals surface area contributed by atoms with Gasteiger partial charge in [-0.25, -0.2) is 8.42 Å². The Morgan fingerprint density at radius 3 is 2.45 bits per heavy atom. The van der Waals surface area contributed by atoms with Crippen molar-refractivity contribution in [3.05, 3.63) is 72.8 Å². The monoisotopic (exact) mass is 282 g/mol. The summed E-state index contributed by atoms with van der Waals surface area (Å²) in [4.78, 5) is 0.250. The van der Waals surface area contributed by atoms with Gasteiger partial charge in [0.1, 0.15) is 0 Å². The van der Waals surface area contributed by atoms with Crippen LogP contribution in [0.15, 0.2) is 71.6 Å². The zero-order valence-corrected chi connectivity index (χ0v) is 11.4. The minimum absolute atomic E-state index is 0.250. The van der Waals surface area contributed by atoms with E-state index in [1.54, 1.807) is 42.5 Å². The number of nitrogens with one attached hydrogen (secondary N) is 1. The molecule has 0 saturated carbocycles. The van der Waals surface area contributed by atoms with Gasteiger partial charge in [-0.1, -0.05) is 42.5 Å². The normalized spacial score (nSPS) is 11.4. The summed E-state index contributed by atoms with van der Waals surface area (Å²) in [6, 6.07) is 22.3. The van der Waals surface area contributed by atoms with Crippen LogP contribution in [0.2, 0.25) is 0 Å². The number of benzene rings is 3. The second-order valence-electron chi connectivity index (χ2n) is 4.41. The van der Waals surface area contributed by atoms with Crippen molar-refractivity contribution >= 4 is 26.5 Å². The van der Waals surface area contributed by atoms with Gasteiger partial charge in [0.25, 0.3) is 10.0 Å². The van der Waals surface area contributed by atoms with Crippen LogP contribution in [0, 0.1) is 6.07 Å². The molecule has 0 aliphatic rings. The summed E-state index contributed by atoms with van der Waals surface area (Å²) in [5, 5.41) is 1.91. The molecule has 0 saturated heterocycles. The summed E-state index contributed by atoms with van der Waals surface area (Å²) in [7, 11) is -3.57. The van der Waals surface area contributed by atoms with E-state index in [-0.39, 0.29) is 4.90 Å². The van der Waals surface area contributed by atoms with Gasteiger partial charge >= 0.3 is 0 Å². The van der Waals surface area contributed by atoms with Crippen molar-refractivity contribution in [2.24, 2.45) is 0 Å². The Balaban J connectivity index is 2.01. The molecule has 20 heavy (non-hydrogen) atoms. The third-order valence-corrected chi connectivity index (χ3v) is 4.37. The van der Waals surface area contributed by atoms with Crippen molar-refractivity contribution in [2.75, 3.05) is 4.72 Å². The van der Waals surface area contributed by atoms with Crippen LogP contribution in [-0.4, -0.2) is 8.42 Å². The molecule has 1 radical (unpaired) electrons. The molecule has 3 aromatic rings. The van der Waals surface area contributed by atoms with Gasteiger partial charge in [0.2, 0.25) is 0 Å². The lowest BCUT2D eigenvalue weighted by atomic mass is 10.1. The standard InChI is InChI=1S/C16H12NO2S/c18-20(19,17-15-8-2-1-3-9-15)16-11-10-13-6-4-5-7-14(13)12-16/h1-2,4-12,17H. The number of hydrogen-bond donors (Lipinski definition) is 1. The Bertz CT molecular complexity index is 842. The Kier molecular flexibility index (Phi) is 3.16. The fourth-order valence-electron chi connectivity index (χ4n) is 2.01. The van der Waals surface area contributed by atoms with E-state index in [9.17, 15) is 8.42 Å². The number of fused-ring (bicyclic) bond motifs is 1. The molecule has 0 spiro atoms. The SMILES string of the molecule is O=S(=O)(Nc1c[c]ccc1)c1ccc2ccccc2c1. The number of rotatable bonds is 3. The lowest BCUT2D eigenvalue weighted by Crippen LogP contribution is -2.12. The highest BCUT2D eigenvalue weighted by atomic mass is 32.2. The highest BCUT2D eigenvalue weighted by Gasteiger charge is 2.14. The number of anilines is 1. The van der Waals surface area contributed by atoms with Crippen molar-refractivity contribution in [2.45, 2.75) is 4.90 Å². The molecular formula is C16H12NO2S. The molecule has 0 aliphatic heterocycles. The Morgan fingerprint density at radius 2 is 1.70 bits per heavy atom. The van der Waals surface area contributed by atoms with E-state index in [4.69, 9.17) is 0 Å². The quantitative estimate of drug-likeness (QED) is 0.800. The second-order valence-corrected chi connectivity index (χ2v) is 6.09. The van der Waals surface area contributed by atoms with Crippen LogP contribution < -0.4 is 4.72 Å². The third-order valence-electron chi connectivity index (χ3n) is 2.99. The van der Waals surface area contributed by atoms with E-state index < -0.39 is 10.0 Å². The molecule has 0 heterocycles. The van der Waals surface area contributed by atoms with Crippen LogP contribution in [0.3, 0.4) is 0 Å². The smallest absolute Gasteiger partial charge is 0.261 e. The van der Waals surface area contributed by atoms with Gasteiger partial charge in [0, 0.05) is 5.69 Å². The van der Waals surface area contributed by atoms with Gasteiger partial charge in [-0.15, -0.1) is 0 Å².